The number of aliphatic hydroxyl groups excluding tert-OH is 1. The van der Waals surface area contributed by atoms with Gasteiger partial charge in [-0.3, -0.25) is 10.1 Å². The summed E-state index contributed by atoms with van der Waals surface area (Å²) in [6.45, 7) is 1.53. The van der Waals surface area contributed by atoms with Crippen molar-refractivity contribution in [3.63, 3.8) is 0 Å². The third-order valence-corrected chi connectivity index (χ3v) is 1.88. The number of aliphatic hydroxyl groups is 1. The fourth-order valence-electron chi connectivity index (χ4n) is 1.11. The number of ether oxygens (including phenoxy) is 1. The fourth-order valence-corrected chi connectivity index (χ4v) is 1.11. The summed E-state index contributed by atoms with van der Waals surface area (Å²) in [4.78, 5) is 10.2. The van der Waals surface area contributed by atoms with Gasteiger partial charge in [0.2, 0.25) is 0 Å². The van der Waals surface area contributed by atoms with E-state index in [1.54, 1.807) is 13.0 Å². The van der Waals surface area contributed by atoms with Gasteiger partial charge in [-0.05, 0) is 18.6 Å². The average Bonchev–Trinajstić information content (AvgIpc) is 2.29. The van der Waals surface area contributed by atoms with Crippen LogP contribution in [0.2, 0.25) is 0 Å². The van der Waals surface area contributed by atoms with Crippen LogP contribution in [0.25, 0.3) is 0 Å². The Hall–Kier alpha value is -2.06. The van der Waals surface area contributed by atoms with Gasteiger partial charge in [0.25, 0.3) is 0 Å². The molecule has 0 saturated heterocycles. The summed E-state index contributed by atoms with van der Waals surface area (Å²) in [7, 11) is 0. The molecule has 5 heteroatoms. The van der Waals surface area contributed by atoms with Gasteiger partial charge in [-0.25, -0.2) is 0 Å². The molecule has 5 nitrogen and oxygen atoms in total. The van der Waals surface area contributed by atoms with Crippen molar-refractivity contribution in [2.75, 3.05) is 6.61 Å². The van der Waals surface area contributed by atoms with Crippen molar-refractivity contribution in [2.24, 2.45) is 0 Å². The molecule has 0 amide bonds. The van der Waals surface area contributed by atoms with Crippen molar-refractivity contribution >= 4 is 5.69 Å². The Labute approximate surface area is 92.8 Å². The molecule has 1 rings (SSSR count). The second-order valence-corrected chi connectivity index (χ2v) is 2.93. The van der Waals surface area contributed by atoms with E-state index in [0.717, 1.165) is 0 Å². The van der Waals surface area contributed by atoms with E-state index in [-0.39, 0.29) is 24.7 Å². The van der Waals surface area contributed by atoms with Gasteiger partial charge in [0, 0.05) is 6.07 Å². The zero-order valence-electron chi connectivity index (χ0n) is 8.77. The average molecular weight is 221 g/mol. The summed E-state index contributed by atoms with van der Waals surface area (Å²) >= 11 is 0. The Bertz CT molecular complexity index is 445. The van der Waals surface area contributed by atoms with E-state index in [0.29, 0.717) is 5.56 Å². The molecule has 0 heterocycles. The van der Waals surface area contributed by atoms with Crippen LogP contribution in [-0.2, 0) is 6.61 Å². The molecule has 1 N–H and O–H groups in total. The number of benzene rings is 1. The monoisotopic (exact) mass is 221 g/mol. The van der Waals surface area contributed by atoms with Crippen molar-refractivity contribution in [3.8, 4) is 17.6 Å². The molecule has 0 saturated carbocycles. The molecule has 16 heavy (non-hydrogen) atoms. The summed E-state index contributed by atoms with van der Waals surface area (Å²) in [5.74, 6) is 5.43. The van der Waals surface area contributed by atoms with Gasteiger partial charge in [0.1, 0.15) is 6.61 Å². The second kappa shape index (κ2) is 5.73. The molecule has 0 fully saturated rings. The molecule has 0 aromatic heterocycles. The molecular weight excluding hydrogens is 210 g/mol. The van der Waals surface area contributed by atoms with Gasteiger partial charge < -0.3 is 9.84 Å². The van der Waals surface area contributed by atoms with E-state index in [1.807, 2.05) is 0 Å². The Morgan fingerprint density at radius 2 is 2.31 bits per heavy atom. The minimum Gasteiger partial charge on any atom is -0.474 e. The van der Waals surface area contributed by atoms with Gasteiger partial charge in [-0.1, -0.05) is 12.0 Å². The van der Waals surface area contributed by atoms with Gasteiger partial charge in [0.05, 0.1) is 11.5 Å². The standard InChI is InChI=1S/C11H11NO4/c1-2-3-6-16-11-5-4-9(8-13)7-10(11)12(14)15/h4-5,7,13H,6,8H2,1H3. The van der Waals surface area contributed by atoms with E-state index < -0.39 is 4.92 Å². The quantitative estimate of drug-likeness (QED) is 0.475. The summed E-state index contributed by atoms with van der Waals surface area (Å²) in [6.07, 6.45) is 0. The lowest BCUT2D eigenvalue weighted by Crippen LogP contribution is -1.99. The van der Waals surface area contributed by atoms with Crippen LogP contribution in [0, 0.1) is 22.0 Å². The van der Waals surface area contributed by atoms with Crippen LogP contribution in [0.15, 0.2) is 18.2 Å². The first kappa shape index (κ1) is 12.0. The Morgan fingerprint density at radius 3 is 2.88 bits per heavy atom. The van der Waals surface area contributed by atoms with Gasteiger partial charge in [-0.2, -0.15) is 0 Å². The first-order valence-electron chi connectivity index (χ1n) is 4.59. The number of nitro groups is 1. The molecule has 1 aromatic carbocycles. The molecular formula is C11H11NO4. The highest BCUT2D eigenvalue weighted by Gasteiger charge is 2.15. The lowest BCUT2D eigenvalue weighted by atomic mass is 10.2. The predicted molar refractivity (Wildman–Crippen MR) is 58.0 cm³/mol. The number of nitrogens with zero attached hydrogens (tertiary/aromatic N) is 1. The third-order valence-electron chi connectivity index (χ3n) is 1.88. The molecule has 0 bridgehead atoms. The predicted octanol–water partition coefficient (Wildman–Crippen LogP) is 1.49. The van der Waals surface area contributed by atoms with Crippen LogP contribution in [0.1, 0.15) is 12.5 Å². The number of hydrogen-bond acceptors (Lipinski definition) is 4. The highest BCUT2D eigenvalue weighted by Crippen LogP contribution is 2.27. The third kappa shape index (κ3) is 2.97. The first-order chi connectivity index (χ1) is 7.69. The van der Waals surface area contributed by atoms with E-state index in [9.17, 15) is 10.1 Å². The number of nitro benzene ring substituents is 1. The molecule has 0 radical (unpaired) electrons. The van der Waals surface area contributed by atoms with Crippen LogP contribution in [0.5, 0.6) is 5.75 Å². The van der Waals surface area contributed by atoms with Crippen molar-refractivity contribution in [3.05, 3.63) is 33.9 Å². The number of hydrogen-bond donors (Lipinski definition) is 1. The van der Waals surface area contributed by atoms with E-state index in [1.165, 1.54) is 12.1 Å². The molecule has 84 valence electrons. The Morgan fingerprint density at radius 1 is 1.56 bits per heavy atom. The van der Waals surface area contributed by atoms with Crippen molar-refractivity contribution in [1.29, 1.82) is 0 Å². The van der Waals surface area contributed by atoms with E-state index in [4.69, 9.17) is 9.84 Å². The lowest BCUT2D eigenvalue weighted by Gasteiger charge is -2.04. The maximum absolute atomic E-state index is 10.7. The summed E-state index contributed by atoms with van der Waals surface area (Å²) in [5.41, 5.74) is 0.310. The highest BCUT2D eigenvalue weighted by molar-refractivity contribution is 5.48. The topological polar surface area (TPSA) is 72.6 Å². The van der Waals surface area contributed by atoms with Crippen molar-refractivity contribution in [1.82, 2.24) is 0 Å². The second-order valence-electron chi connectivity index (χ2n) is 2.93. The maximum atomic E-state index is 10.7. The Balaban J connectivity index is 2.96. The lowest BCUT2D eigenvalue weighted by molar-refractivity contribution is -0.385. The van der Waals surface area contributed by atoms with E-state index in [2.05, 4.69) is 11.8 Å². The van der Waals surface area contributed by atoms with Crippen LogP contribution in [0.4, 0.5) is 5.69 Å². The van der Waals surface area contributed by atoms with Crippen LogP contribution in [-0.4, -0.2) is 16.6 Å². The maximum Gasteiger partial charge on any atom is 0.311 e. The normalized spacial score (nSPS) is 9.12. The SMILES string of the molecule is CC#CCOc1ccc(CO)cc1[N+](=O)[O-]. The number of rotatable bonds is 4. The zero-order valence-corrected chi connectivity index (χ0v) is 8.77. The molecule has 1 aromatic rings. The fraction of sp³-hybridized carbons (Fsp3) is 0.273. The molecule has 0 spiro atoms. The minimum atomic E-state index is -0.548. The Kier molecular flexibility index (Phi) is 4.30. The van der Waals surface area contributed by atoms with E-state index >= 15 is 0 Å². The van der Waals surface area contributed by atoms with Crippen LogP contribution < -0.4 is 4.74 Å². The summed E-state index contributed by atoms with van der Waals surface area (Å²) in [6, 6.07) is 4.32. The highest BCUT2D eigenvalue weighted by atomic mass is 16.6. The van der Waals surface area contributed by atoms with Crippen molar-refractivity contribution < 1.29 is 14.8 Å². The molecule has 0 aliphatic rings. The summed E-state index contributed by atoms with van der Waals surface area (Å²) in [5, 5.41) is 19.6. The zero-order chi connectivity index (χ0) is 12.0. The first-order valence-corrected chi connectivity index (χ1v) is 4.59. The van der Waals surface area contributed by atoms with Gasteiger partial charge in [0.15, 0.2) is 5.75 Å². The molecule has 0 unspecified atom stereocenters. The summed E-state index contributed by atoms with van der Waals surface area (Å²) < 4.78 is 5.14. The molecule has 0 aliphatic heterocycles. The molecule has 0 atom stereocenters. The molecule has 0 aliphatic carbocycles. The minimum absolute atomic E-state index is 0.107. The van der Waals surface area contributed by atoms with Gasteiger partial charge >= 0.3 is 5.69 Å². The van der Waals surface area contributed by atoms with Gasteiger partial charge in [-0.15, -0.1) is 5.92 Å². The van der Waals surface area contributed by atoms with Crippen LogP contribution in [0.3, 0.4) is 0 Å². The largest absolute Gasteiger partial charge is 0.474 e. The van der Waals surface area contributed by atoms with Crippen molar-refractivity contribution in [2.45, 2.75) is 13.5 Å². The van der Waals surface area contributed by atoms with Crippen LogP contribution >= 0.6 is 0 Å². The smallest absolute Gasteiger partial charge is 0.311 e.